The number of nitrogens with zero attached hydrogens (tertiary/aromatic N) is 2. The van der Waals surface area contributed by atoms with Crippen LogP contribution in [0.2, 0.25) is 0 Å². The van der Waals surface area contributed by atoms with Crippen molar-refractivity contribution in [2.75, 3.05) is 19.7 Å². The molecule has 0 aromatic carbocycles. The van der Waals surface area contributed by atoms with E-state index in [0.29, 0.717) is 37.9 Å². The zero-order chi connectivity index (χ0) is 39.8. The fourth-order valence-corrected chi connectivity index (χ4v) is 5.62. The molecular formula is C33H56N10O10. The fourth-order valence-electron chi connectivity index (χ4n) is 5.62. The summed E-state index contributed by atoms with van der Waals surface area (Å²) in [6, 6.07) is -8.75. The number of hydrogen-bond acceptors (Lipinski definition) is 12. The molecule has 0 spiro atoms. The van der Waals surface area contributed by atoms with E-state index < -0.39 is 102 Å². The molecule has 1 aromatic heterocycles. The molecule has 1 aliphatic heterocycles. The van der Waals surface area contributed by atoms with Gasteiger partial charge in [0.15, 0.2) is 0 Å². The first-order valence-corrected chi connectivity index (χ1v) is 17.8. The number of carbonyl (C=O) groups is 7. The lowest BCUT2D eigenvalue weighted by molar-refractivity contribution is -0.144. The van der Waals surface area contributed by atoms with Crippen molar-refractivity contribution in [3.63, 3.8) is 0 Å². The zero-order valence-corrected chi connectivity index (χ0v) is 30.7. The Kier molecular flexibility index (Phi) is 18.3. The van der Waals surface area contributed by atoms with Crippen molar-refractivity contribution in [1.82, 2.24) is 41.5 Å². The van der Waals surface area contributed by atoms with Crippen molar-refractivity contribution < 1.29 is 48.9 Å². The van der Waals surface area contributed by atoms with Crippen molar-refractivity contribution in [3.05, 3.63) is 18.2 Å². The molecule has 20 nitrogen and oxygen atoms in total. The third-order valence-corrected chi connectivity index (χ3v) is 9.17. The maximum Gasteiger partial charge on any atom is 0.325 e. The van der Waals surface area contributed by atoms with E-state index in [9.17, 15) is 48.9 Å². The number of amides is 6. The highest BCUT2D eigenvalue weighted by Crippen LogP contribution is 2.20. The number of aliphatic hydroxyl groups excluding tert-OH is 2. The second kappa shape index (κ2) is 21.8. The third kappa shape index (κ3) is 13.4. The molecule has 0 saturated carbocycles. The van der Waals surface area contributed by atoms with Gasteiger partial charge in [-0.05, 0) is 58.4 Å². The molecular weight excluding hydrogens is 696 g/mol. The van der Waals surface area contributed by atoms with Crippen LogP contribution in [0, 0.1) is 5.92 Å². The highest BCUT2D eigenvalue weighted by molar-refractivity contribution is 5.97. The summed E-state index contributed by atoms with van der Waals surface area (Å²) in [4.78, 5) is 99.4. The summed E-state index contributed by atoms with van der Waals surface area (Å²) in [6.45, 7) is 5.71. The van der Waals surface area contributed by atoms with Crippen LogP contribution >= 0.6 is 0 Å². The molecule has 9 atom stereocenters. The number of H-pyrrole nitrogens is 1. The Bertz CT molecular complexity index is 1390. The molecule has 2 rings (SSSR count). The number of nitrogens with two attached hydrogens (primary N) is 2. The smallest absolute Gasteiger partial charge is 0.325 e. The highest BCUT2D eigenvalue weighted by Gasteiger charge is 2.39. The van der Waals surface area contributed by atoms with E-state index in [2.05, 4.69) is 36.6 Å². The van der Waals surface area contributed by atoms with Gasteiger partial charge >= 0.3 is 5.97 Å². The van der Waals surface area contributed by atoms with Gasteiger partial charge in [0.05, 0.1) is 19.0 Å². The lowest BCUT2D eigenvalue weighted by atomic mass is 9.97. The van der Waals surface area contributed by atoms with Crippen LogP contribution in [0.5, 0.6) is 0 Å². The van der Waals surface area contributed by atoms with Gasteiger partial charge in [-0.2, -0.15) is 0 Å². The summed E-state index contributed by atoms with van der Waals surface area (Å²) >= 11 is 0. The second-order valence-electron chi connectivity index (χ2n) is 13.3. The lowest BCUT2D eigenvalue weighted by Crippen LogP contribution is -2.61. The molecule has 2 heterocycles. The minimum Gasteiger partial charge on any atom is -0.480 e. The predicted octanol–water partition coefficient (Wildman–Crippen LogP) is -3.65. The van der Waals surface area contributed by atoms with Crippen LogP contribution in [0.4, 0.5) is 0 Å². The van der Waals surface area contributed by atoms with Gasteiger partial charge in [0, 0.05) is 24.9 Å². The predicted molar refractivity (Wildman–Crippen MR) is 189 cm³/mol. The van der Waals surface area contributed by atoms with Gasteiger partial charge in [0.25, 0.3) is 0 Å². The van der Waals surface area contributed by atoms with Gasteiger partial charge in [-0.25, -0.2) is 4.98 Å². The average molecular weight is 753 g/mol. The molecule has 20 heteroatoms. The summed E-state index contributed by atoms with van der Waals surface area (Å²) in [7, 11) is 0. The summed E-state index contributed by atoms with van der Waals surface area (Å²) in [5.74, 6) is -6.25. The van der Waals surface area contributed by atoms with E-state index in [1.165, 1.54) is 31.3 Å². The second-order valence-corrected chi connectivity index (χ2v) is 13.3. The number of carboxylic acids is 1. The number of unbranched alkanes of at least 4 members (excludes halogenated alkanes) is 1. The first kappa shape index (κ1) is 44.5. The molecule has 53 heavy (non-hydrogen) atoms. The molecule has 0 radical (unpaired) electrons. The van der Waals surface area contributed by atoms with Crippen molar-refractivity contribution in [2.45, 2.75) is 121 Å². The van der Waals surface area contributed by atoms with Gasteiger partial charge < -0.3 is 63.3 Å². The SMILES string of the molecule is CC[C@H](C)[C@H](NC(=O)[C@@H](N)[C@@H](C)O)C(=O)N[C@@H](Cc1cnc[nH]1)C(=O)N[C@@H](CO)C(=O)N[C@@H](CCCCN)C(=O)N1CCC[C@H]1C(=O)N[C@@H](C)C(=O)O. The normalized spacial score (nSPS) is 18.6. The zero-order valence-electron chi connectivity index (χ0n) is 30.7. The molecule has 6 amide bonds. The minimum absolute atomic E-state index is 0.115. The first-order valence-electron chi connectivity index (χ1n) is 17.8. The standard InChI is InChI=1S/C33H56N10O10/c1-5-17(2)26(42-30(49)25(35)19(4)45)31(50)40-22(13-20-14-36-16-37-20)27(46)41-23(15-44)28(47)39-21(9-6-7-11-34)32(51)43-12-8-10-24(43)29(48)38-18(3)33(52)53/h14,16-19,21-26,44-45H,5-13,15,34-35H2,1-4H3,(H,36,37)(H,38,48)(H,39,47)(H,40,50)(H,41,46)(H,42,49)(H,52,53)/t17-,18-,19+,21-,22-,23-,24-,25-,26-/m0/s1. The van der Waals surface area contributed by atoms with Crippen molar-refractivity contribution in [1.29, 1.82) is 0 Å². The van der Waals surface area contributed by atoms with Crippen LogP contribution in [-0.4, -0.2) is 140 Å². The minimum atomic E-state index is -1.59. The number of carboxylic acid groups (broad SMARTS) is 1. The molecule has 0 aliphatic carbocycles. The number of imidazole rings is 1. The molecule has 0 unspecified atom stereocenters. The largest absolute Gasteiger partial charge is 0.480 e. The van der Waals surface area contributed by atoms with Crippen LogP contribution in [0.15, 0.2) is 12.5 Å². The number of aromatic amines is 1. The van der Waals surface area contributed by atoms with Crippen LogP contribution in [-0.2, 0) is 40.0 Å². The molecule has 13 N–H and O–H groups in total. The first-order chi connectivity index (χ1) is 25.1. The Hall–Kier alpha value is -4.66. The molecule has 1 aromatic rings. The number of nitrogens with one attached hydrogen (secondary N) is 6. The van der Waals surface area contributed by atoms with Crippen LogP contribution < -0.4 is 38.1 Å². The quantitative estimate of drug-likeness (QED) is 0.0510. The average Bonchev–Trinajstić information content (AvgIpc) is 3.83. The van der Waals surface area contributed by atoms with Gasteiger partial charge in [-0.3, -0.25) is 33.6 Å². The fraction of sp³-hybridized carbons (Fsp3) is 0.697. The maximum atomic E-state index is 13.8. The van der Waals surface area contributed by atoms with Crippen LogP contribution in [0.3, 0.4) is 0 Å². The molecule has 298 valence electrons. The number of rotatable bonds is 22. The van der Waals surface area contributed by atoms with Gasteiger partial charge in [-0.15, -0.1) is 0 Å². The van der Waals surface area contributed by atoms with Crippen LogP contribution in [0.1, 0.15) is 71.9 Å². The Morgan fingerprint density at radius 3 is 2.15 bits per heavy atom. The number of aromatic nitrogens is 2. The van der Waals surface area contributed by atoms with E-state index in [1.807, 2.05) is 0 Å². The highest BCUT2D eigenvalue weighted by atomic mass is 16.4. The van der Waals surface area contributed by atoms with E-state index >= 15 is 0 Å². The summed E-state index contributed by atoms with van der Waals surface area (Å²) in [5, 5.41) is 41.7. The summed E-state index contributed by atoms with van der Waals surface area (Å²) in [6.07, 6.45) is 3.68. The van der Waals surface area contributed by atoms with E-state index in [1.54, 1.807) is 13.8 Å². The van der Waals surface area contributed by atoms with Crippen molar-refractivity contribution >= 4 is 41.4 Å². The summed E-state index contributed by atoms with van der Waals surface area (Å²) < 4.78 is 0. The Morgan fingerprint density at radius 2 is 1.58 bits per heavy atom. The van der Waals surface area contributed by atoms with Gasteiger partial charge in [-0.1, -0.05) is 20.3 Å². The van der Waals surface area contributed by atoms with Gasteiger partial charge in [0.1, 0.15) is 42.3 Å². The number of hydrogen-bond donors (Lipinski definition) is 11. The lowest BCUT2D eigenvalue weighted by Gasteiger charge is -2.30. The van der Waals surface area contributed by atoms with Crippen molar-refractivity contribution in [3.8, 4) is 0 Å². The molecule has 1 aliphatic rings. The molecule has 0 bridgehead atoms. The van der Waals surface area contributed by atoms with Crippen molar-refractivity contribution in [2.24, 2.45) is 17.4 Å². The van der Waals surface area contributed by atoms with E-state index in [4.69, 9.17) is 11.5 Å². The molecule has 1 fully saturated rings. The number of likely N-dealkylation sites (tertiary alicyclic amines) is 1. The number of aliphatic hydroxyl groups is 2. The van der Waals surface area contributed by atoms with Crippen LogP contribution in [0.25, 0.3) is 0 Å². The maximum absolute atomic E-state index is 13.8. The topological polar surface area (TPSA) is 324 Å². The Balaban J connectivity index is 2.27. The number of carbonyl (C=O) groups excluding carboxylic acids is 6. The van der Waals surface area contributed by atoms with E-state index in [-0.39, 0.29) is 25.8 Å². The molecule has 1 saturated heterocycles. The summed E-state index contributed by atoms with van der Waals surface area (Å²) in [5.41, 5.74) is 11.8. The number of aliphatic carboxylic acids is 1. The van der Waals surface area contributed by atoms with Gasteiger partial charge in [0.2, 0.25) is 35.4 Å². The monoisotopic (exact) mass is 752 g/mol. The third-order valence-electron chi connectivity index (χ3n) is 9.17. The Labute approximate surface area is 308 Å². The Morgan fingerprint density at radius 1 is 0.943 bits per heavy atom. The van der Waals surface area contributed by atoms with E-state index in [0.717, 1.165) is 0 Å².